The fourth-order valence-corrected chi connectivity index (χ4v) is 3.63. The van der Waals surface area contributed by atoms with E-state index in [4.69, 9.17) is 4.74 Å². The molecule has 19 heavy (non-hydrogen) atoms. The van der Waals surface area contributed by atoms with Gasteiger partial charge in [0.2, 0.25) is 0 Å². The molecule has 4 heteroatoms. The Labute approximate surface area is 119 Å². The van der Waals surface area contributed by atoms with Crippen molar-refractivity contribution in [3.05, 3.63) is 29.8 Å². The summed E-state index contributed by atoms with van der Waals surface area (Å²) in [6.45, 7) is 4.34. The minimum Gasteiger partial charge on any atom is -0.464 e. The van der Waals surface area contributed by atoms with Gasteiger partial charge in [-0.15, -0.1) is 0 Å². The Morgan fingerprint density at radius 1 is 1.58 bits per heavy atom. The quantitative estimate of drug-likeness (QED) is 0.841. The lowest BCUT2D eigenvalue weighted by atomic mass is 9.98. The van der Waals surface area contributed by atoms with Crippen molar-refractivity contribution in [3.63, 3.8) is 0 Å². The second-order valence-electron chi connectivity index (χ2n) is 4.87. The Balaban J connectivity index is 2.10. The first kappa shape index (κ1) is 14.3. The molecule has 104 valence electrons. The molecule has 1 fully saturated rings. The zero-order valence-corrected chi connectivity index (χ0v) is 12.3. The van der Waals surface area contributed by atoms with Crippen molar-refractivity contribution in [3.8, 4) is 0 Å². The molecule has 2 atom stereocenters. The van der Waals surface area contributed by atoms with E-state index in [2.05, 4.69) is 24.4 Å². The number of aryl methyl sites for hydroxylation is 1. The second-order valence-corrected chi connectivity index (χ2v) is 6.02. The van der Waals surface area contributed by atoms with Crippen LogP contribution in [-0.2, 0) is 9.53 Å². The average molecular weight is 279 g/mol. The summed E-state index contributed by atoms with van der Waals surface area (Å²) in [7, 11) is 0. The molecule has 0 aliphatic carbocycles. The summed E-state index contributed by atoms with van der Waals surface area (Å²) >= 11 is 1.91. The van der Waals surface area contributed by atoms with Gasteiger partial charge in [-0.05, 0) is 55.4 Å². The number of nitrogens with one attached hydrogen (secondary N) is 1. The Morgan fingerprint density at radius 3 is 3.05 bits per heavy atom. The van der Waals surface area contributed by atoms with Crippen molar-refractivity contribution < 1.29 is 9.53 Å². The van der Waals surface area contributed by atoms with Crippen LogP contribution in [-0.4, -0.2) is 30.1 Å². The molecule has 1 aliphatic heterocycles. The summed E-state index contributed by atoms with van der Waals surface area (Å²) in [5, 5.41) is 3.36. The van der Waals surface area contributed by atoms with Crippen LogP contribution < -0.4 is 5.32 Å². The third-order valence-corrected chi connectivity index (χ3v) is 4.51. The Bertz CT molecular complexity index is 430. The maximum Gasteiger partial charge on any atom is 0.328 e. The number of rotatable bonds is 5. The van der Waals surface area contributed by atoms with E-state index in [9.17, 15) is 4.79 Å². The van der Waals surface area contributed by atoms with E-state index in [1.165, 1.54) is 5.56 Å². The number of hydrogen-bond donors (Lipinski definition) is 1. The first-order valence-electron chi connectivity index (χ1n) is 6.78. The highest BCUT2D eigenvalue weighted by Gasteiger charge is 2.32. The molecule has 1 saturated heterocycles. The largest absolute Gasteiger partial charge is 0.464 e. The molecular weight excluding hydrogens is 258 g/mol. The third-order valence-electron chi connectivity index (χ3n) is 3.32. The smallest absolute Gasteiger partial charge is 0.328 e. The molecule has 1 N–H and O–H groups in total. The van der Waals surface area contributed by atoms with E-state index >= 15 is 0 Å². The van der Waals surface area contributed by atoms with E-state index in [-0.39, 0.29) is 12.0 Å². The highest BCUT2D eigenvalue weighted by molar-refractivity contribution is 7.99. The number of hydrogen-bond acceptors (Lipinski definition) is 4. The van der Waals surface area contributed by atoms with Gasteiger partial charge in [-0.3, -0.25) is 0 Å². The highest BCUT2D eigenvalue weighted by atomic mass is 32.2. The van der Waals surface area contributed by atoms with Crippen LogP contribution >= 0.6 is 11.8 Å². The number of benzene rings is 1. The monoisotopic (exact) mass is 279 g/mol. The van der Waals surface area contributed by atoms with Crippen molar-refractivity contribution in [1.82, 2.24) is 0 Å². The van der Waals surface area contributed by atoms with Crippen molar-refractivity contribution in [1.29, 1.82) is 0 Å². The van der Waals surface area contributed by atoms with Crippen LogP contribution in [0, 0.1) is 12.8 Å². The van der Waals surface area contributed by atoms with Crippen molar-refractivity contribution >= 4 is 23.4 Å². The summed E-state index contributed by atoms with van der Waals surface area (Å²) in [5.74, 6) is 2.40. The van der Waals surface area contributed by atoms with E-state index < -0.39 is 0 Å². The van der Waals surface area contributed by atoms with Gasteiger partial charge in [0, 0.05) is 5.69 Å². The molecule has 1 aromatic carbocycles. The van der Waals surface area contributed by atoms with Gasteiger partial charge in [0.25, 0.3) is 0 Å². The molecule has 2 unspecified atom stereocenters. The van der Waals surface area contributed by atoms with Crippen LogP contribution in [0.25, 0.3) is 0 Å². The number of thioether (sulfide) groups is 1. The first-order valence-corrected chi connectivity index (χ1v) is 7.93. The maximum absolute atomic E-state index is 12.1. The van der Waals surface area contributed by atoms with Gasteiger partial charge in [-0.1, -0.05) is 12.1 Å². The molecular formula is C15H21NO2S. The van der Waals surface area contributed by atoms with Crippen LogP contribution in [0.3, 0.4) is 0 Å². The summed E-state index contributed by atoms with van der Waals surface area (Å²) in [5.41, 5.74) is 2.18. The minimum atomic E-state index is -0.225. The summed E-state index contributed by atoms with van der Waals surface area (Å²) in [4.78, 5) is 12.1. The highest BCUT2D eigenvalue weighted by Crippen LogP contribution is 2.28. The summed E-state index contributed by atoms with van der Waals surface area (Å²) in [6, 6.07) is 7.89. The van der Waals surface area contributed by atoms with E-state index in [0.29, 0.717) is 12.5 Å². The van der Waals surface area contributed by atoms with E-state index in [0.717, 1.165) is 23.6 Å². The van der Waals surface area contributed by atoms with Gasteiger partial charge in [-0.25, -0.2) is 4.79 Å². The lowest BCUT2D eigenvalue weighted by molar-refractivity contribution is -0.145. The van der Waals surface area contributed by atoms with Gasteiger partial charge < -0.3 is 10.1 Å². The molecule has 0 aromatic heterocycles. The van der Waals surface area contributed by atoms with Crippen molar-refractivity contribution in [2.75, 3.05) is 23.4 Å². The summed E-state index contributed by atoms with van der Waals surface area (Å²) in [6.07, 6.45) is 1.08. The Morgan fingerprint density at radius 2 is 2.42 bits per heavy atom. The topological polar surface area (TPSA) is 38.3 Å². The van der Waals surface area contributed by atoms with Crippen LogP contribution in [0.1, 0.15) is 18.9 Å². The van der Waals surface area contributed by atoms with Gasteiger partial charge in [-0.2, -0.15) is 11.8 Å². The Hall–Kier alpha value is -1.16. The molecule has 1 aromatic rings. The molecule has 3 nitrogen and oxygen atoms in total. The molecule has 2 rings (SSSR count). The number of carbonyl (C=O) groups excluding carboxylic acids is 1. The molecule has 0 saturated carbocycles. The second kappa shape index (κ2) is 6.85. The van der Waals surface area contributed by atoms with Gasteiger partial charge in [0.05, 0.1) is 6.61 Å². The van der Waals surface area contributed by atoms with E-state index in [1.807, 2.05) is 30.8 Å². The minimum absolute atomic E-state index is 0.128. The average Bonchev–Trinajstić information content (AvgIpc) is 2.90. The summed E-state index contributed by atoms with van der Waals surface area (Å²) < 4.78 is 5.21. The molecule has 1 aliphatic rings. The predicted octanol–water partition coefficient (Wildman–Crippen LogP) is 3.09. The lowest BCUT2D eigenvalue weighted by Gasteiger charge is -2.23. The van der Waals surface area contributed by atoms with E-state index in [1.54, 1.807) is 0 Å². The maximum atomic E-state index is 12.1. The van der Waals surface area contributed by atoms with Crippen molar-refractivity contribution in [2.45, 2.75) is 26.3 Å². The van der Waals surface area contributed by atoms with Crippen LogP contribution in [0.4, 0.5) is 5.69 Å². The van der Waals surface area contributed by atoms with Crippen LogP contribution in [0.5, 0.6) is 0 Å². The zero-order chi connectivity index (χ0) is 13.7. The lowest BCUT2D eigenvalue weighted by Crippen LogP contribution is -2.38. The third kappa shape index (κ3) is 3.90. The number of carbonyl (C=O) groups is 1. The Kier molecular flexibility index (Phi) is 5.14. The van der Waals surface area contributed by atoms with Gasteiger partial charge >= 0.3 is 5.97 Å². The van der Waals surface area contributed by atoms with Crippen molar-refractivity contribution in [2.24, 2.45) is 5.92 Å². The number of anilines is 1. The normalized spacial score (nSPS) is 20.0. The van der Waals surface area contributed by atoms with Gasteiger partial charge in [0.1, 0.15) is 6.04 Å². The fraction of sp³-hybridized carbons (Fsp3) is 0.533. The number of ether oxygens (including phenoxy) is 1. The molecule has 0 spiro atoms. The van der Waals surface area contributed by atoms with Crippen LogP contribution in [0.2, 0.25) is 0 Å². The zero-order valence-electron chi connectivity index (χ0n) is 11.5. The standard InChI is InChI=1S/C15H21NO2S/c1-3-18-15(17)14(12-7-8-19-10-12)16-13-6-4-5-11(2)9-13/h4-6,9,12,14,16H,3,7-8,10H2,1-2H3. The SMILES string of the molecule is CCOC(=O)C(Nc1cccc(C)c1)C1CCSC1. The first-order chi connectivity index (χ1) is 9.20. The number of esters is 1. The van der Waals surface area contributed by atoms with Crippen LogP contribution in [0.15, 0.2) is 24.3 Å². The fourth-order valence-electron chi connectivity index (χ4n) is 2.33. The molecule has 0 bridgehead atoms. The molecule has 0 amide bonds. The molecule has 1 heterocycles. The van der Waals surface area contributed by atoms with Gasteiger partial charge in [0.15, 0.2) is 0 Å². The predicted molar refractivity (Wildman–Crippen MR) is 80.7 cm³/mol. The molecule has 0 radical (unpaired) electrons.